The van der Waals surface area contributed by atoms with E-state index in [2.05, 4.69) is 11.4 Å². The molecule has 1 aromatic carbocycles. The third-order valence-electron chi connectivity index (χ3n) is 3.31. The Labute approximate surface area is 109 Å². The summed E-state index contributed by atoms with van der Waals surface area (Å²) in [4.78, 5) is 0. The summed E-state index contributed by atoms with van der Waals surface area (Å²) in [6.07, 6.45) is 5.26. The highest BCUT2D eigenvalue weighted by molar-refractivity contribution is 5.46. The Morgan fingerprint density at radius 1 is 1.28 bits per heavy atom. The molecule has 0 saturated heterocycles. The lowest BCUT2D eigenvalue weighted by Crippen LogP contribution is -2.15. The summed E-state index contributed by atoms with van der Waals surface area (Å²) in [6.45, 7) is 3.48. The van der Waals surface area contributed by atoms with Crippen molar-refractivity contribution in [2.24, 2.45) is 0 Å². The molecule has 0 atom stereocenters. The number of benzene rings is 1. The molecule has 0 spiro atoms. The Morgan fingerprint density at radius 2 is 2.06 bits per heavy atom. The van der Waals surface area contributed by atoms with Crippen molar-refractivity contribution in [1.29, 1.82) is 0 Å². The Balaban J connectivity index is 2.20. The molecular formula is C15H23NO2. The molecule has 1 N–H and O–H groups in total. The highest BCUT2D eigenvalue weighted by Gasteiger charge is 2.20. The lowest BCUT2D eigenvalue weighted by Gasteiger charge is -2.19. The molecule has 0 amide bonds. The smallest absolute Gasteiger partial charge is 0.166 e. The van der Waals surface area contributed by atoms with Crippen molar-refractivity contribution >= 4 is 0 Å². The van der Waals surface area contributed by atoms with Crippen LogP contribution in [0, 0.1) is 0 Å². The first-order valence-electron chi connectivity index (χ1n) is 6.91. The van der Waals surface area contributed by atoms with Crippen molar-refractivity contribution in [3.05, 3.63) is 23.8 Å². The van der Waals surface area contributed by atoms with Crippen LogP contribution in [0.4, 0.5) is 0 Å². The van der Waals surface area contributed by atoms with Crippen molar-refractivity contribution in [3.63, 3.8) is 0 Å². The van der Waals surface area contributed by atoms with Crippen LogP contribution in [-0.2, 0) is 6.54 Å². The van der Waals surface area contributed by atoms with E-state index in [9.17, 15) is 0 Å². The first-order chi connectivity index (χ1) is 8.85. The molecule has 3 heteroatoms. The first kappa shape index (κ1) is 13.2. The van der Waals surface area contributed by atoms with E-state index in [1.54, 1.807) is 0 Å². The fraction of sp³-hybridized carbons (Fsp3) is 0.600. The average molecular weight is 249 g/mol. The Bertz CT molecular complexity index is 349. The normalized spacial score (nSPS) is 15.9. The highest BCUT2D eigenvalue weighted by Crippen LogP contribution is 2.35. The fourth-order valence-corrected chi connectivity index (χ4v) is 2.47. The van der Waals surface area contributed by atoms with Crippen molar-refractivity contribution in [3.8, 4) is 11.5 Å². The molecule has 0 heterocycles. The zero-order valence-corrected chi connectivity index (χ0v) is 11.4. The zero-order chi connectivity index (χ0) is 12.8. The summed E-state index contributed by atoms with van der Waals surface area (Å²) in [5, 5.41) is 3.18. The molecule has 0 unspecified atom stereocenters. The zero-order valence-electron chi connectivity index (χ0n) is 11.4. The van der Waals surface area contributed by atoms with E-state index in [-0.39, 0.29) is 0 Å². The predicted octanol–water partition coefficient (Wildman–Crippen LogP) is 3.13. The van der Waals surface area contributed by atoms with Gasteiger partial charge in [0.1, 0.15) is 0 Å². The maximum atomic E-state index is 6.18. The fourth-order valence-electron chi connectivity index (χ4n) is 2.47. The standard InChI is InChI=1S/C15H23NO2/c1-3-17-14-10-6-7-12(11-16-2)15(14)18-13-8-4-5-9-13/h6-7,10,13,16H,3-5,8-9,11H2,1-2H3. The van der Waals surface area contributed by atoms with Crippen LogP contribution in [0.5, 0.6) is 11.5 Å². The van der Waals surface area contributed by atoms with Gasteiger partial charge >= 0.3 is 0 Å². The van der Waals surface area contributed by atoms with Crippen molar-refractivity contribution in [2.75, 3.05) is 13.7 Å². The molecule has 0 bridgehead atoms. The summed E-state index contributed by atoms with van der Waals surface area (Å²) < 4.78 is 11.9. The molecule has 0 aliphatic heterocycles. The number of para-hydroxylation sites is 1. The second kappa shape index (κ2) is 6.64. The van der Waals surface area contributed by atoms with Crippen LogP contribution in [0.2, 0.25) is 0 Å². The SMILES string of the molecule is CCOc1cccc(CNC)c1OC1CCCC1. The summed E-state index contributed by atoms with van der Waals surface area (Å²) in [7, 11) is 1.95. The third kappa shape index (κ3) is 3.16. The lowest BCUT2D eigenvalue weighted by atomic mass is 10.1. The van der Waals surface area contributed by atoms with Crippen LogP contribution in [-0.4, -0.2) is 19.8 Å². The van der Waals surface area contributed by atoms with Crippen LogP contribution >= 0.6 is 0 Å². The molecule has 1 aromatic rings. The van der Waals surface area contributed by atoms with Gasteiger partial charge in [-0.05, 0) is 45.7 Å². The summed E-state index contributed by atoms with van der Waals surface area (Å²) >= 11 is 0. The van der Waals surface area contributed by atoms with Gasteiger partial charge in [-0.25, -0.2) is 0 Å². The van der Waals surface area contributed by atoms with Crippen LogP contribution in [0.1, 0.15) is 38.2 Å². The molecule has 2 rings (SSSR count). The molecule has 0 radical (unpaired) electrons. The largest absolute Gasteiger partial charge is 0.490 e. The molecule has 3 nitrogen and oxygen atoms in total. The average Bonchev–Trinajstić information content (AvgIpc) is 2.87. The number of nitrogens with one attached hydrogen (secondary N) is 1. The molecule has 100 valence electrons. The van der Waals surface area contributed by atoms with E-state index in [1.165, 1.54) is 31.2 Å². The molecule has 1 saturated carbocycles. The second-order valence-corrected chi connectivity index (χ2v) is 4.73. The van der Waals surface area contributed by atoms with Gasteiger partial charge in [-0.3, -0.25) is 0 Å². The van der Waals surface area contributed by atoms with Gasteiger partial charge in [0.05, 0.1) is 12.7 Å². The summed E-state index contributed by atoms with van der Waals surface area (Å²) in [5.41, 5.74) is 1.18. The quantitative estimate of drug-likeness (QED) is 0.840. The van der Waals surface area contributed by atoms with Crippen LogP contribution < -0.4 is 14.8 Å². The molecular weight excluding hydrogens is 226 g/mol. The number of ether oxygens (including phenoxy) is 2. The highest BCUT2D eigenvalue weighted by atomic mass is 16.5. The van der Waals surface area contributed by atoms with E-state index in [0.29, 0.717) is 12.7 Å². The van der Waals surface area contributed by atoms with Gasteiger partial charge in [0.25, 0.3) is 0 Å². The van der Waals surface area contributed by atoms with Gasteiger partial charge in [0, 0.05) is 12.1 Å². The van der Waals surface area contributed by atoms with Gasteiger partial charge in [-0.15, -0.1) is 0 Å². The number of hydrogen-bond acceptors (Lipinski definition) is 3. The van der Waals surface area contributed by atoms with E-state index >= 15 is 0 Å². The summed E-state index contributed by atoms with van der Waals surface area (Å²) in [6, 6.07) is 6.12. The maximum absolute atomic E-state index is 6.18. The van der Waals surface area contributed by atoms with Gasteiger partial charge in [-0.1, -0.05) is 12.1 Å². The van der Waals surface area contributed by atoms with E-state index in [4.69, 9.17) is 9.47 Å². The molecule has 0 aromatic heterocycles. The predicted molar refractivity (Wildman–Crippen MR) is 73.3 cm³/mol. The van der Waals surface area contributed by atoms with E-state index in [1.807, 2.05) is 26.1 Å². The minimum absolute atomic E-state index is 0.363. The van der Waals surface area contributed by atoms with Crippen LogP contribution in [0.25, 0.3) is 0 Å². The topological polar surface area (TPSA) is 30.5 Å². The minimum Gasteiger partial charge on any atom is -0.490 e. The van der Waals surface area contributed by atoms with Crippen LogP contribution in [0.15, 0.2) is 18.2 Å². The van der Waals surface area contributed by atoms with Gasteiger partial charge < -0.3 is 14.8 Å². The van der Waals surface area contributed by atoms with Crippen molar-refractivity contribution < 1.29 is 9.47 Å². The number of hydrogen-bond donors (Lipinski definition) is 1. The monoisotopic (exact) mass is 249 g/mol. The summed E-state index contributed by atoms with van der Waals surface area (Å²) in [5.74, 6) is 1.80. The molecule has 1 aliphatic rings. The number of rotatable bonds is 6. The lowest BCUT2D eigenvalue weighted by molar-refractivity contribution is 0.194. The third-order valence-corrected chi connectivity index (χ3v) is 3.31. The molecule has 1 fully saturated rings. The molecule has 1 aliphatic carbocycles. The minimum atomic E-state index is 0.363. The maximum Gasteiger partial charge on any atom is 0.166 e. The Kier molecular flexibility index (Phi) is 4.88. The van der Waals surface area contributed by atoms with Gasteiger partial charge in [-0.2, -0.15) is 0 Å². The second-order valence-electron chi connectivity index (χ2n) is 4.73. The first-order valence-corrected chi connectivity index (χ1v) is 6.91. The van der Waals surface area contributed by atoms with Crippen LogP contribution in [0.3, 0.4) is 0 Å². The van der Waals surface area contributed by atoms with Crippen molar-refractivity contribution in [1.82, 2.24) is 5.32 Å². The Morgan fingerprint density at radius 3 is 2.72 bits per heavy atom. The van der Waals surface area contributed by atoms with E-state index < -0.39 is 0 Å². The Hall–Kier alpha value is -1.22. The van der Waals surface area contributed by atoms with Gasteiger partial charge in [0.15, 0.2) is 11.5 Å². The molecule has 18 heavy (non-hydrogen) atoms. The van der Waals surface area contributed by atoms with Crippen molar-refractivity contribution in [2.45, 2.75) is 45.3 Å². The van der Waals surface area contributed by atoms with E-state index in [0.717, 1.165) is 18.0 Å². The van der Waals surface area contributed by atoms with Gasteiger partial charge in [0.2, 0.25) is 0 Å².